The molecule has 1 amide bonds. The highest BCUT2D eigenvalue weighted by molar-refractivity contribution is 5.99. The van der Waals surface area contributed by atoms with Crippen molar-refractivity contribution in [3.05, 3.63) is 54.2 Å². The minimum absolute atomic E-state index is 0.0117. The number of aryl methyl sites for hydroxylation is 1. The van der Waals surface area contributed by atoms with E-state index >= 15 is 0 Å². The predicted octanol–water partition coefficient (Wildman–Crippen LogP) is 3.89. The number of piperidine rings is 1. The number of likely N-dealkylation sites (tertiary alicyclic amines) is 1. The van der Waals surface area contributed by atoms with Crippen LogP contribution in [0.2, 0.25) is 0 Å². The van der Waals surface area contributed by atoms with Crippen molar-refractivity contribution in [3.8, 4) is 11.4 Å². The number of nitrogens with one attached hydrogen (secondary N) is 1. The molecular formula is C22H22F5N7O. The summed E-state index contributed by atoms with van der Waals surface area (Å²) in [6.07, 6.45) is -0.589. The molecule has 1 aliphatic heterocycles. The minimum atomic E-state index is -4.63. The number of aromatic nitrogens is 5. The molecule has 0 saturated carbocycles. The molecule has 0 bridgehead atoms. The molecule has 4 heterocycles. The Hall–Kier alpha value is -3.64. The van der Waals surface area contributed by atoms with E-state index in [1.54, 1.807) is 32.2 Å². The molecule has 0 aromatic carbocycles. The zero-order chi connectivity index (χ0) is 25.4. The number of nitrogens with zero attached hydrogens (tertiary/aromatic N) is 6. The van der Waals surface area contributed by atoms with Crippen molar-refractivity contribution in [2.45, 2.75) is 31.5 Å². The van der Waals surface area contributed by atoms with Gasteiger partial charge in [-0.25, -0.2) is 18.7 Å². The minimum Gasteiger partial charge on any atom is -0.367 e. The van der Waals surface area contributed by atoms with Crippen molar-refractivity contribution in [3.63, 3.8) is 0 Å². The highest BCUT2D eigenvalue weighted by Crippen LogP contribution is 2.36. The van der Waals surface area contributed by atoms with E-state index in [1.807, 2.05) is 0 Å². The van der Waals surface area contributed by atoms with Crippen LogP contribution in [0, 0.1) is 5.92 Å². The van der Waals surface area contributed by atoms with Gasteiger partial charge in [-0.15, -0.1) is 0 Å². The Morgan fingerprint density at radius 1 is 1.20 bits per heavy atom. The first-order chi connectivity index (χ1) is 16.4. The highest BCUT2D eigenvalue weighted by Gasteiger charge is 2.46. The third kappa shape index (κ3) is 5.38. The van der Waals surface area contributed by atoms with Gasteiger partial charge in [0.05, 0.1) is 36.2 Å². The topological polar surface area (TPSA) is 88.8 Å². The lowest BCUT2D eigenvalue weighted by Gasteiger charge is -2.43. The number of hydrogen-bond acceptors (Lipinski definition) is 6. The van der Waals surface area contributed by atoms with Crippen LogP contribution in [0.3, 0.4) is 0 Å². The van der Waals surface area contributed by atoms with E-state index in [2.05, 4.69) is 25.4 Å². The fourth-order valence-corrected chi connectivity index (χ4v) is 4.15. The molecular weight excluding hydrogens is 473 g/mol. The van der Waals surface area contributed by atoms with E-state index < -0.39 is 48.6 Å². The van der Waals surface area contributed by atoms with Crippen LogP contribution in [0.1, 0.15) is 29.4 Å². The number of halogens is 5. The number of pyridine rings is 1. The lowest BCUT2D eigenvalue weighted by atomic mass is 9.88. The van der Waals surface area contributed by atoms with Gasteiger partial charge in [-0.3, -0.25) is 14.5 Å². The van der Waals surface area contributed by atoms with Crippen molar-refractivity contribution in [1.82, 2.24) is 29.6 Å². The maximum absolute atomic E-state index is 14.5. The van der Waals surface area contributed by atoms with Crippen LogP contribution in [0.25, 0.3) is 11.4 Å². The van der Waals surface area contributed by atoms with Gasteiger partial charge >= 0.3 is 6.18 Å². The van der Waals surface area contributed by atoms with Crippen molar-refractivity contribution in [2.24, 2.45) is 13.0 Å². The Morgan fingerprint density at radius 2 is 1.97 bits per heavy atom. The van der Waals surface area contributed by atoms with E-state index in [1.165, 1.54) is 17.1 Å². The zero-order valence-corrected chi connectivity index (χ0v) is 18.8. The third-order valence-electron chi connectivity index (χ3n) is 5.74. The van der Waals surface area contributed by atoms with Gasteiger partial charge in [-0.2, -0.15) is 18.3 Å². The first kappa shape index (κ1) is 24.5. The summed E-state index contributed by atoms with van der Waals surface area (Å²) in [4.78, 5) is 25.9. The van der Waals surface area contributed by atoms with E-state index in [0.717, 1.165) is 11.1 Å². The van der Waals surface area contributed by atoms with Crippen molar-refractivity contribution >= 4 is 11.7 Å². The van der Waals surface area contributed by atoms with Crippen molar-refractivity contribution in [1.29, 1.82) is 0 Å². The van der Waals surface area contributed by atoms with Crippen molar-refractivity contribution in [2.75, 3.05) is 18.4 Å². The molecule has 0 radical (unpaired) electrons. The summed E-state index contributed by atoms with van der Waals surface area (Å²) in [6, 6.07) is 4.39. The molecule has 8 nitrogen and oxygen atoms in total. The van der Waals surface area contributed by atoms with Crippen LogP contribution < -0.4 is 5.32 Å². The summed E-state index contributed by atoms with van der Waals surface area (Å²) < 4.78 is 68.7. The number of carbonyl (C=O) groups excluding carboxylic acids is 1. The second-order valence-electron chi connectivity index (χ2n) is 8.48. The third-order valence-corrected chi connectivity index (χ3v) is 5.74. The van der Waals surface area contributed by atoms with Crippen LogP contribution in [-0.4, -0.2) is 60.6 Å². The van der Waals surface area contributed by atoms with Crippen molar-refractivity contribution < 1.29 is 26.7 Å². The number of anilines is 1. The molecule has 0 aliphatic carbocycles. The monoisotopic (exact) mass is 495 g/mol. The fourth-order valence-electron chi connectivity index (χ4n) is 4.15. The Kier molecular flexibility index (Phi) is 6.43. The summed E-state index contributed by atoms with van der Waals surface area (Å²) in [6.45, 7) is 0.779. The average molecular weight is 495 g/mol. The molecule has 4 rings (SSSR count). The Bertz CT molecular complexity index is 1180. The lowest BCUT2D eigenvalue weighted by Crippen LogP contribution is -2.57. The molecule has 1 aliphatic rings. The normalized spacial score (nSPS) is 20.0. The molecule has 3 aromatic rings. The summed E-state index contributed by atoms with van der Waals surface area (Å²) in [5.41, 5.74) is -0.345. The number of amides is 1. The van der Waals surface area contributed by atoms with Gasteiger partial charge in [-0.05, 0) is 18.1 Å². The molecule has 2 atom stereocenters. The molecule has 3 aromatic heterocycles. The fraction of sp³-hybridized carbons (Fsp3) is 0.409. The second-order valence-corrected chi connectivity index (χ2v) is 8.48. The van der Waals surface area contributed by atoms with Gasteiger partial charge in [0.2, 0.25) is 0 Å². The predicted molar refractivity (Wildman–Crippen MR) is 116 cm³/mol. The number of carbonyl (C=O) groups is 1. The quantitative estimate of drug-likeness (QED) is 0.541. The van der Waals surface area contributed by atoms with E-state index in [9.17, 15) is 26.7 Å². The van der Waals surface area contributed by atoms with E-state index in [-0.39, 0.29) is 23.6 Å². The van der Waals surface area contributed by atoms with Gasteiger partial charge in [0.25, 0.3) is 11.8 Å². The van der Waals surface area contributed by atoms with Crippen LogP contribution in [0.15, 0.2) is 43.0 Å². The standard InChI is InChI=1S/C22H22F5N7O/c1-13-7-21(23,24)12-34(16(13)8-30-18-10-29-17(9-31-18)22(25,26)27)20(35)14-11-33(2)32-19(14)15-5-3-4-6-28-15/h3-6,9-11,13,16H,7-8,12H2,1-2H3,(H,30,31). The van der Waals surface area contributed by atoms with Gasteiger partial charge in [0.15, 0.2) is 5.69 Å². The van der Waals surface area contributed by atoms with E-state index in [4.69, 9.17) is 0 Å². The largest absolute Gasteiger partial charge is 0.434 e. The summed E-state index contributed by atoms with van der Waals surface area (Å²) >= 11 is 0. The van der Waals surface area contributed by atoms with Gasteiger partial charge in [0.1, 0.15) is 11.5 Å². The summed E-state index contributed by atoms with van der Waals surface area (Å²) in [5.74, 6) is -4.33. The summed E-state index contributed by atoms with van der Waals surface area (Å²) in [7, 11) is 1.61. The smallest absolute Gasteiger partial charge is 0.367 e. The SMILES string of the molecule is CC1CC(F)(F)CN(C(=O)c2cn(C)nc2-c2ccccn2)C1CNc1cnc(C(F)(F)F)cn1. The zero-order valence-electron chi connectivity index (χ0n) is 18.8. The lowest BCUT2D eigenvalue weighted by molar-refractivity contribution is -0.141. The number of hydrogen-bond donors (Lipinski definition) is 1. The molecule has 186 valence electrons. The second kappa shape index (κ2) is 9.19. The Balaban J connectivity index is 1.60. The molecule has 1 saturated heterocycles. The Labute approximate surface area is 197 Å². The van der Waals surface area contributed by atoms with Crippen LogP contribution in [0.5, 0.6) is 0 Å². The van der Waals surface area contributed by atoms with Crippen LogP contribution >= 0.6 is 0 Å². The maximum Gasteiger partial charge on any atom is 0.434 e. The van der Waals surface area contributed by atoms with Crippen LogP contribution in [-0.2, 0) is 13.2 Å². The first-order valence-electron chi connectivity index (χ1n) is 10.7. The number of alkyl halides is 5. The molecule has 13 heteroatoms. The average Bonchev–Trinajstić information content (AvgIpc) is 3.19. The first-order valence-corrected chi connectivity index (χ1v) is 10.7. The molecule has 1 fully saturated rings. The molecule has 2 unspecified atom stereocenters. The van der Waals surface area contributed by atoms with Gasteiger partial charge < -0.3 is 10.2 Å². The highest BCUT2D eigenvalue weighted by atomic mass is 19.4. The van der Waals surface area contributed by atoms with Gasteiger partial charge in [-0.1, -0.05) is 13.0 Å². The van der Waals surface area contributed by atoms with Gasteiger partial charge in [0, 0.05) is 32.4 Å². The molecule has 1 N–H and O–H groups in total. The maximum atomic E-state index is 14.5. The summed E-state index contributed by atoms with van der Waals surface area (Å²) in [5, 5.41) is 7.12. The molecule has 0 spiro atoms. The molecule has 35 heavy (non-hydrogen) atoms. The van der Waals surface area contributed by atoms with Crippen LogP contribution in [0.4, 0.5) is 27.8 Å². The van der Waals surface area contributed by atoms with E-state index in [0.29, 0.717) is 11.9 Å². The number of rotatable bonds is 5. The Morgan fingerprint density at radius 3 is 2.60 bits per heavy atom.